The van der Waals surface area contributed by atoms with Crippen LogP contribution in [-0.4, -0.2) is 27.6 Å². The van der Waals surface area contributed by atoms with Crippen molar-refractivity contribution in [1.82, 2.24) is 4.98 Å². The average Bonchev–Trinajstić information content (AvgIpc) is 2.85. The lowest BCUT2D eigenvalue weighted by molar-refractivity contribution is 0.415. The molecule has 8 heteroatoms. The smallest absolute Gasteiger partial charge is 0.275 e. The Bertz CT molecular complexity index is 668. The van der Waals surface area contributed by atoms with Crippen molar-refractivity contribution >= 4 is 38.6 Å². The number of nitrogens with zero attached hydrogens (tertiary/aromatic N) is 2. The largest absolute Gasteiger partial charge is 0.497 e. The van der Waals surface area contributed by atoms with Gasteiger partial charge < -0.3 is 4.74 Å². The molecular formula is C11H11ClN2O3S2. The van der Waals surface area contributed by atoms with Crippen molar-refractivity contribution in [3.05, 3.63) is 34.9 Å². The van der Waals surface area contributed by atoms with Gasteiger partial charge in [0, 0.05) is 7.05 Å². The molecule has 2 rings (SSSR count). The van der Waals surface area contributed by atoms with Crippen LogP contribution in [0.5, 0.6) is 5.75 Å². The summed E-state index contributed by atoms with van der Waals surface area (Å²) in [6, 6.07) is 6.72. The van der Waals surface area contributed by atoms with Crippen LogP contribution >= 0.6 is 22.9 Å². The van der Waals surface area contributed by atoms with Crippen molar-refractivity contribution in [2.45, 2.75) is 4.21 Å². The fourth-order valence-corrected chi connectivity index (χ4v) is 4.09. The number of ether oxygens (including phenoxy) is 1. The van der Waals surface area contributed by atoms with E-state index >= 15 is 0 Å². The first-order valence-corrected chi connectivity index (χ1v) is 7.83. The van der Waals surface area contributed by atoms with Gasteiger partial charge in [0.05, 0.1) is 19.0 Å². The second-order valence-electron chi connectivity index (χ2n) is 3.60. The number of halogens is 1. The first-order valence-electron chi connectivity index (χ1n) is 5.19. The molecule has 5 nitrogen and oxygen atoms in total. The summed E-state index contributed by atoms with van der Waals surface area (Å²) >= 11 is 6.59. The average molecular weight is 319 g/mol. The van der Waals surface area contributed by atoms with Gasteiger partial charge in [-0.05, 0) is 24.3 Å². The van der Waals surface area contributed by atoms with Gasteiger partial charge in [0.1, 0.15) is 5.75 Å². The van der Waals surface area contributed by atoms with Crippen LogP contribution in [0.3, 0.4) is 0 Å². The minimum Gasteiger partial charge on any atom is -0.497 e. The van der Waals surface area contributed by atoms with Crippen LogP contribution in [0, 0.1) is 0 Å². The van der Waals surface area contributed by atoms with Gasteiger partial charge in [0.25, 0.3) is 10.0 Å². The molecule has 0 bridgehead atoms. The van der Waals surface area contributed by atoms with Gasteiger partial charge >= 0.3 is 0 Å². The molecule has 0 amide bonds. The molecule has 2 aromatic rings. The fourth-order valence-electron chi connectivity index (χ4n) is 1.42. The summed E-state index contributed by atoms with van der Waals surface area (Å²) in [6.07, 6.45) is 1.25. The summed E-state index contributed by atoms with van der Waals surface area (Å²) in [5.41, 5.74) is 0.533. The number of aromatic nitrogens is 1. The summed E-state index contributed by atoms with van der Waals surface area (Å²) < 4.78 is 31.1. The quantitative estimate of drug-likeness (QED) is 0.869. The third-order valence-electron chi connectivity index (χ3n) is 2.51. The third-order valence-corrected chi connectivity index (χ3v) is 5.84. The van der Waals surface area contributed by atoms with E-state index in [0.717, 1.165) is 11.3 Å². The lowest BCUT2D eigenvalue weighted by Crippen LogP contribution is -2.25. The lowest BCUT2D eigenvalue weighted by Gasteiger charge is -2.18. The standard InChI is InChI=1S/C11H11ClN2O3S2/c1-14(8-3-5-9(17-2)6-4-8)19(15,16)10-7-13-11(12)18-10/h3-7H,1-2H3. The normalized spacial score (nSPS) is 11.3. The molecule has 19 heavy (non-hydrogen) atoms. The molecular weight excluding hydrogens is 308 g/mol. The first-order chi connectivity index (χ1) is 8.95. The van der Waals surface area contributed by atoms with E-state index in [1.165, 1.54) is 17.5 Å². The van der Waals surface area contributed by atoms with Gasteiger partial charge in [-0.25, -0.2) is 13.4 Å². The molecule has 0 fully saturated rings. The van der Waals surface area contributed by atoms with Crippen molar-refractivity contribution < 1.29 is 13.2 Å². The summed E-state index contributed by atoms with van der Waals surface area (Å²) in [5, 5.41) is 0. The van der Waals surface area contributed by atoms with Crippen LogP contribution in [0.25, 0.3) is 0 Å². The third kappa shape index (κ3) is 2.83. The SMILES string of the molecule is COc1ccc(N(C)S(=O)(=O)c2cnc(Cl)s2)cc1. The van der Waals surface area contributed by atoms with Gasteiger partial charge in [-0.1, -0.05) is 22.9 Å². The summed E-state index contributed by atoms with van der Waals surface area (Å²) in [4.78, 5) is 3.74. The second-order valence-corrected chi connectivity index (χ2v) is 7.41. The Morgan fingerprint density at radius 3 is 2.42 bits per heavy atom. The second kappa shape index (κ2) is 5.36. The van der Waals surface area contributed by atoms with E-state index in [4.69, 9.17) is 16.3 Å². The van der Waals surface area contributed by atoms with E-state index in [2.05, 4.69) is 4.98 Å². The molecule has 0 saturated heterocycles. The lowest BCUT2D eigenvalue weighted by atomic mass is 10.3. The molecule has 0 radical (unpaired) electrons. The van der Waals surface area contributed by atoms with Gasteiger partial charge in [0.15, 0.2) is 8.68 Å². The Labute approximate surface area is 120 Å². The van der Waals surface area contributed by atoms with E-state index in [1.54, 1.807) is 31.4 Å². The maximum Gasteiger partial charge on any atom is 0.275 e. The summed E-state index contributed by atoms with van der Waals surface area (Å²) in [7, 11) is -0.599. The van der Waals surface area contributed by atoms with Crippen LogP contribution < -0.4 is 9.04 Å². The van der Waals surface area contributed by atoms with Crippen molar-refractivity contribution in [2.24, 2.45) is 0 Å². The highest BCUT2D eigenvalue weighted by atomic mass is 35.5. The minimum absolute atomic E-state index is 0.107. The van der Waals surface area contributed by atoms with Crippen LogP contribution in [0.2, 0.25) is 4.47 Å². The number of hydrogen-bond donors (Lipinski definition) is 0. The molecule has 1 aromatic heterocycles. The maximum absolute atomic E-state index is 12.3. The topological polar surface area (TPSA) is 59.5 Å². The van der Waals surface area contributed by atoms with E-state index in [-0.39, 0.29) is 8.68 Å². The minimum atomic E-state index is -3.63. The Morgan fingerprint density at radius 2 is 1.95 bits per heavy atom. The molecule has 1 heterocycles. The van der Waals surface area contributed by atoms with Crippen molar-refractivity contribution in [3.8, 4) is 5.75 Å². The number of rotatable bonds is 4. The zero-order chi connectivity index (χ0) is 14.0. The number of anilines is 1. The molecule has 0 unspecified atom stereocenters. The van der Waals surface area contributed by atoms with E-state index in [9.17, 15) is 8.42 Å². The Hall–Kier alpha value is -1.31. The van der Waals surface area contributed by atoms with Crippen molar-refractivity contribution in [3.63, 3.8) is 0 Å². The van der Waals surface area contributed by atoms with Crippen molar-refractivity contribution in [2.75, 3.05) is 18.5 Å². The highest BCUT2D eigenvalue weighted by Gasteiger charge is 2.23. The molecule has 0 atom stereocenters. The Balaban J connectivity index is 2.34. The molecule has 0 aliphatic carbocycles. The number of benzene rings is 1. The fraction of sp³-hybridized carbons (Fsp3) is 0.182. The Kier molecular flexibility index (Phi) is 3.98. The van der Waals surface area contributed by atoms with Gasteiger partial charge in [-0.2, -0.15) is 0 Å². The predicted octanol–water partition coefficient (Wildman–Crippen LogP) is 2.63. The molecule has 0 N–H and O–H groups in total. The molecule has 0 aliphatic rings. The zero-order valence-electron chi connectivity index (χ0n) is 10.2. The molecule has 102 valence electrons. The van der Waals surface area contributed by atoms with Gasteiger partial charge in [-0.15, -0.1) is 0 Å². The Morgan fingerprint density at radius 1 is 1.32 bits per heavy atom. The number of thiazole rings is 1. The van der Waals surface area contributed by atoms with Crippen LogP contribution in [0.15, 0.2) is 34.7 Å². The number of hydrogen-bond acceptors (Lipinski definition) is 5. The van der Waals surface area contributed by atoms with E-state index in [0.29, 0.717) is 11.4 Å². The summed E-state index contributed by atoms with van der Waals surface area (Å²) in [6.45, 7) is 0. The van der Waals surface area contributed by atoms with Crippen molar-refractivity contribution in [1.29, 1.82) is 0 Å². The molecule has 1 aromatic carbocycles. The molecule has 0 aliphatic heterocycles. The molecule has 0 saturated carbocycles. The van der Waals surface area contributed by atoms with Crippen LogP contribution in [-0.2, 0) is 10.0 Å². The van der Waals surface area contributed by atoms with Gasteiger partial charge in [-0.3, -0.25) is 4.31 Å². The van der Waals surface area contributed by atoms with Gasteiger partial charge in [0.2, 0.25) is 0 Å². The maximum atomic E-state index is 12.3. The van der Waals surface area contributed by atoms with Crippen LogP contribution in [0.4, 0.5) is 5.69 Å². The highest BCUT2D eigenvalue weighted by molar-refractivity contribution is 7.94. The summed E-state index contributed by atoms with van der Waals surface area (Å²) in [5.74, 6) is 0.662. The number of methoxy groups -OCH3 is 1. The number of sulfonamides is 1. The first kappa shape index (κ1) is 14.1. The van der Waals surface area contributed by atoms with Crippen LogP contribution in [0.1, 0.15) is 0 Å². The highest BCUT2D eigenvalue weighted by Crippen LogP contribution is 2.28. The predicted molar refractivity (Wildman–Crippen MR) is 75.7 cm³/mol. The van der Waals surface area contributed by atoms with E-state index < -0.39 is 10.0 Å². The van der Waals surface area contributed by atoms with E-state index in [1.807, 2.05) is 0 Å². The molecule has 0 spiro atoms. The zero-order valence-corrected chi connectivity index (χ0v) is 12.6. The monoisotopic (exact) mass is 318 g/mol.